The van der Waals surface area contributed by atoms with E-state index in [0.29, 0.717) is 19.1 Å². The Morgan fingerprint density at radius 3 is 2.65 bits per heavy atom. The number of nitrogens with one attached hydrogen (secondary N) is 1. The number of para-hydroxylation sites is 1. The summed E-state index contributed by atoms with van der Waals surface area (Å²) in [5, 5.41) is 3.06. The lowest BCUT2D eigenvalue weighted by molar-refractivity contribution is 0.0939. The van der Waals surface area contributed by atoms with Crippen molar-refractivity contribution in [3.8, 4) is 5.75 Å². The van der Waals surface area contributed by atoms with Gasteiger partial charge in [0.05, 0.1) is 6.61 Å². The van der Waals surface area contributed by atoms with E-state index in [1.807, 2.05) is 30.3 Å². The molecule has 1 unspecified atom stereocenters. The molecule has 1 atom stereocenters. The molecule has 2 heterocycles. The van der Waals surface area contributed by atoms with E-state index in [-0.39, 0.29) is 5.91 Å². The molecule has 0 radical (unpaired) electrons. The monoisotopic (exact) mass is 350 g/mol. The summed E-state index contributed by atoms with van der Waals surface area (Å²) in [4.78, 5) is 14.9. The first kappa shape index (κ1) is 17.1. The highest BCUT2D eigenvalue weighted by molar-refractivity contribution is 5.94. The minimum Gasteiger partial charge on any atom is -0.493 e. The topological polar surface area (TPSA) is 41.6 Å². The maximum Gasteiger partial charge on any atom is 0.251 e. The number of hydrogen-bond donors (Lipinski definition) is 1. The highest BCUT2D eigenvalue weighted by Gasteiger charge is 2.20. The van der Waals surface area contributed by atoms with Gasteiger partial charge in [-0.1, -0.05) is 30.3 Å². The van der Waals surface area contributed by atoms with Crippen LogP contribution < -0.4 is 10.1 Å². The van der Waals surface area contributed by atoms with Crippen LogP contribution in [0.15, 0.2) is 48.5 Å². The molecule has 2 aliphatic heterocycles. The van der Waals surface area contributed by atoms with Crippen LogP contribution in [0.3, 0.4) is 0 Å². The summed E-state index contributed by atoms with van der Waals surface area (Å²) in [7, 11) is 0. The zero-order chi connectivity index (χ0) is 17.8. The van der Waals surface area contributed by atoms with Gasteiger partial charge in [-0.2, -0.15) is 0 Å². The van der Waals surface area contributed by atoms with E-state index in [2.05, 4.69) is 28.4 Å². The molecule has 2 aromatic carbocycles. The Balaban J connectivity index is 1.28. The van der Waals surface area contributed by atoms with Crippen LogP contribution in [0.2, 0.25) is 0 Å². The van der Waals surface area contributed by atoms with Crippen molar-refractivity contribution in [2.75, 3.05) is 26.2 Å². The molecule has 0 saturated carbocycles. The van der Waals surface area contributed by atoms with E-state index < -0.39 is 0 Å². The molecule has 1 N–H and O–H groups in total. The fourth-order valence-electron chi connectivity index (χ4n) is 3.82. The van der Waals surface area contributed by atoms with Crippen LogP contribution in [0.25, 0.3) is 0 Å². The highest BCUT2D eigenvalue weighted by atomic mass is 16.5. The molecule has 0 aromatic heterocycles. The van der Waals surface area contributed by atoms with Crippen LogP contribution in [0.1, 0.15) is 34.3 Å². The third kappa shape index (κ3) is 4.07. The summed E-state index contributed by atoms with van der Waals surface area (Å²) in [5.74, 6) is 1.29. The van der Waals surface area contributed by atoms with Crippen LogP contribution in [0, 0.1) is 5.92 Å². The summed E-state index contributed by atoms with van der Waals surface area (Å²) >= 11 is 0. The van der Waals surface area contributed by atoms with Crippen molar-refractivity contribution in [3.63, 3.8) is 0 Å². The third-order valence-corrected chi connectivity index (χ3v) is 5.33. The van der Waals surface area contributed by atoms with E-state index in [4.69, 9.17) is 4.74 Å². The smallest absolute Gasteiger partial charge is 0.251 e. The number of fused-ring (bicyclic) bond motifs is 1. The molecule has 1 saturated heterocycles. The van der Waals surface area contributed by atoms with Crippen LogP contribution >= 0.6 is 0 Å². The number of benzene rings is 2. The number of amides is 1. The van der Waals surface area contributed by atoms with Crippen molar-refractivity contribution < 1.29 is 9.53 Å². The average molecular weight is 350 g/mol. The van der Waals surface area contributed by atoms with Crippen LogP contribution in [0.4, 0.5) is 0 Å². The quantitative estimate of drug-likeness (QED) is 0.900. The summed E-state index contributed by atoms with van der Waals surface area (Å²) in [6.07, 6.45) is 3.55. The predicted octanol–water partition coefficient (Wildman–Crippen LogP) is 3.26. The number of ether oxygens (including phenoxy) is 1. The fourth-order valence-corrected chi connectivity index (χ4v) is 3.82. The van der Waals surface area contributed by atoms with E-state index in [0.717, 1.165) is 24.3 Å². The summed E-state index contributed by atoms with van der Waals surface area (Å²) in [6, 6.07) is 16.2. The number of carbonyl (C=O) groups is 1. The van der Waals surface area contributed by atoms with E-state index in [9.17, 15) is 4.79 Å². The van der Waals surface area contributed by atoms with Crippen molar-refractivity contribution in [1.82, 2.24) is 10.2 Å². The number of nitrogens with zero attached hydrogens (tertiary/aromatic N) is 1. The van der Waals surface area contributed by atoms with Gasteiger partial charge in [-0.05, 0) is 61.7 Å². The van der Waals surface area contributed by atoms with Crippen molar-refractivity contribution >= 4 is 5.91 Å². The van der Waals surface area contributed by atoms with Gasteiger partial charge in [0.2, 0.25) is 0 Å². The van der Waals surface area contributed by atoms with Crippen molar-refractivity contribution in [2.45, 2.75) is 25.8 Å². The number of likely N-dealkylation sites (tertiary alicyclic amines) is 1. The minimum atomic E-state index is -0.00317. The lowest BCUT2D eigenvalue weighted by Gasteiger charge is -2.25. The van der Waals surface area contributed by atoms with E-state index >= 15 is 0 Å². The van der Waals surface area contributed by atoms with Gasteiger partial charge in [0, 0.05) is 24.6 Å². The Hall–Kier alpha value is -2.33. The molecule has 1 fully saturated rings. The van der Waals surface area contributed by atoms with E-state index in [1.54, 1.807) is 0 Å². The predicted molar refractivity (Wildman–Crippen MR) is 102 cm³/mol. The molecular weight excluding hydrogens is 324 g/mol. The van der Waals surface area contributed by atoms with Crippen molar-refractivity contribution in [3.05, 3.63) is 65.2 Å². The van der Waals surface area contributed by atoms with Gasteiger partial charge in [-0.3, -0.25) is 9.69 Å². The highest BCUT2D eigenvalue weighted by Crippen LogP contribution is 2.26. The number of hydrogen-bond acceptors (Lipinski definition) is 3. The van der Waals surface area contributed by atoms with Gasteiger partial charge in [0.25, 0.3) is 5.91 Å². The summed E-state index contributed by atoms with van der Waals surface area (Å²) < 4.78 is 5.80. The van der Waals surface area contributed by atoms with Crippen molar-refractivity contribution in [2.24, 2.45) is 5.92 Å². The Morgan fingerprint density at radius 1 is 1.08 bits per heavy atom. The second-order valence-electron chi connectivity index (χ2n) is 7.38. The van der Waals surface area contributed by atoms with Crippen LogP contribution in [0.5, 0.6) is 5.75 Å². The van der Waals surface area contributed by atoms with Gasteiger partial charge in [0.1, 0.15) is 5.75 Å². The zero-order valence-corrected chi connectivity index (χ0v) is 15.1. The SMILES string of the molecule is O=C(NCC1COc2ccccc2C1)c1ccc(CN2CCCC2)cc1. The molecule has 1 amide bonds. The lowest BCUT2D eigenvalue weighted by atomic mass is 9.96. The van der Waals surface area contributed by atoms with Crippen LogP contribution in [-0.4, -0.2) is 37.0 Å². The first-order valence-electron chi connectivity index (χ1n) is 9.58. The standard InChI is InChI=1S/C22H26N2O2/c25-22(19-9-7-17(8-10-19)15-24-11-3-4-12-24)23-14-18-13-20-5-1-2-6-21(20)26-16-18/h1-2,5-10,18H,3-4,11-16H2,(H,23,25). The van der Waals surface area contributed by atoms with Gasteiger partial charge >= 0.3 is 0 Å². The first-order valence-corrected chi connectivity index (χ1v) is 9.58. The Labute approximate surface area is 155 Å². The largest absolute Gasteiger partial charge is 0.493 e. The maximum atomic E-state index is 12.4. The summed E-state index contributed by atoms with van der Waals surface area (Å²) in [6.45, 7) is 4.67. The molecular formula is C22H26N2O2. The fraction of sp³-hybridized carbons (Fsp3) is 0.409. The molecule has 0 bridgehead atoms. The van der Waals surface area contributed by atoms with Gasteiger partial charge < -0.3 is 10.1 Å². The Bertz CT molecular complexity index is 751. The molecule has 2 aliphatic rings. The molecule has 26 heavy (non-hydrogen) atoms. The first-order chi connectivity index (χ1) is 12.8. The molecule has 136 valence electrons. The van der Waals surface area contributed by atoms with Crippen molar-refractivity contribution in [1.29, 1.82) is 0 Å². The molecule has 0 aliphatic carbocycles. The number of carbonyl (C=O) groups excluding carboxylic acids is 1. The third-order valence-electron chi connectivity index (χ3n) is 5.33. The maximum absolute atomic E-state index is 12.4. The molecule has 4 heteroatoms. The second-order valence-corrected chi connectivity index (χ2v) is 7.38. The molecule has 4 rings (SSSR count). The van der Waals surface area contributed by atoms with Gasteiger partial charge in [0.15, 0.2) is 0 Å². The average Bonchev–Trinajstić information content (AvgIpc) is 3.19. The number of rotatable bonds is 5. The van der Waals surface area contributed by atoms with Gasteiger partial charge in [-0.25, -0.2) is 0 Å². The molecule has 4 nitrogen and oxygen atoms in total. The minimum absolute atomic E-state index is 0.00317. The molecule has 0 spiro atoms. The second kappa shape index (κ2) is 7.92. The van der Waals surface area contributed by atoms with Gasteiger partial charge in [-0.15, -0.1) is 0 Å². The normalized spacial score (nSPS) is 19.6. The lowest BCUT2D eigenvalue weighted by Crippen LogP contribution is -2.34. The molecule has 2 aromatic rings. The Kier molecular flexibility index (Phi) is 5.21. The van der Waals surface area contributed by atoms with Crippen LogP contribution in [-0.2, 0) is 13.0 Å². The summed E-state index contributed by atoms with van der Waals surface area (Å²) in [5.41, 5.74) is 3.23. The van der Waals surface area contributed by atoms with E-state index in [1.165, 1.54) is 37.1 Å². The zero-order valence-electron chi connectivity index (χ0n) is 15.1. The Morgan fingerprint density at radius 2 is 1.85 bits per heavy atom.